The lowest BCUT2D eigenvalue weighted by Gasteiger charge is -2.02. The first-order valence-corrected chi connectivity index (χ1v) is 3.78. The number of ether oxygens (including phenoxy) is 1. The van der Waals surface area contributed by atoms with Gasteiger partial charge in [-0.15, -0.1) is 0 Å². The highest BCUT2D eigenvalue weighted by molar-refractivity contribution is 5.83. The van der Waals surface area contributed by atoms with Crippen molar-refractivity contribution in [3.05, 3.63) is 37.1 Å². The molecule has 0 unspecified atom stereocenters. The molecule has 0 aliphatic rings. The number of hydrogen-bond donors (Lipinski definition) is 1. The van der Waals surface area contributed by atoms with E-state index in [0.29, 0.717) is 5.82 Å². The molecule has 0 aliphatic carbocycles. The van der Waals surface area contributed by atoms with Crippen LogP contribution in [-0.4, -0.2) is 17.7 Å². The van der Waals surface area contributed by atoms with Gasteiger partial charge < -0.3 is 4.74 Å². The van der Waals surface area contributed by atoms with Gasteiger partial charge in [-0.1, -0.05) is 18.7 Å². The van der Waals surface area contributed by atoms with Gasteiger partial charge in [-0.25, -0.2) is 9.78 Å². The number of rotatable bonds is 3. The first-order valence-electron chi connectivity index (χ1n) is 3.78. The van der Waals surface area contributed by atoms with Crippen LogP contribution in [0.4, 0.5) is 10.6 Å². The van der Waals surface area contributed by atoms with Gasteiger partial charge in [0.05, 0.1) is 0 Å². The van der Waals surface area contributed by atoms with E-state index in [4.69, 9.17) is 0 Å². The molecular weight excluding hydrogens is 168 g/mol. The summed E-state index contributed by atoms with van der Waals surface area (Å²) in [5.41, 5.74) is 0. The van der Waals surface area contributed by atoms with E-state index >= 15 is 0 Å². The molecule has 0 saturated carbocycles. The lowest BCUT2D eigenvalue weighted by molar-refractivity contribution is 0.174. The Hall–Kier alpha value is -1.84. The molecular formula is C9H10N2O2. The van der Waals surface area contributed by atoms with E-state index in [1.807, 2.05) is 0 Å². The third-order valence-corrected chi connectivity index (χ3v) is 1.23. The van der Waals surface area contributed by atoms with Gasteiger partial charge in [0.15, 0.2) is 0 Å². The number of nitrogens with zero attached hydrogens (tertiary/aromatic N) is 1. The number of carbonyl (C=O) groups is 1. The fourth-order valence-corrected chi connectivity index (χ4v) is 0.712. The first-order chi connectivity index (χ1) is 6.33. The van der Waals surface area contributed by atoms with E-state index in [0.717, 1.165) is 0 Å². The Kier molecular flexibility index (Phi) is 3.50. The molecule has 1 N–H and O–H groups in total. The third-order valence-electron chi connectivity index (χ3n) is 1.23. The minimum atomic E-state index is -0.529. The third kappa shape index (κ3) is 3.37. The van der Waals surface area contributed by atoms with Crippen LogP contribution in [0.15, 0.2) is 37.1 Å². The maximum atomic E-state index is 11.0. The lowest BCUT2D eigenvalue weighted by Crippen LogP contribution is -2.14. The summed E-state index contributed by atoms with van der Waals surface area (Å²) in [6.45, 7) is 3.61. The molecule has 0 fully saturated rings. The van der Waals surface area contributed by atoms with Crippen LogP contribution in [-0.2, 0) is 4.74 Å². The van der Waals surface area contributed by atoms with Gasteiger partial charge in [0.2, 0.25) is 0 Å². The van der Waals surface area contributed by atoms with E-state index in [9.17, 15) is 4.79 Å². The molecule has 4 nitrogen and oxygen atoms in total. The molecule has 13 heavy (non-hydrogen) atoms. The van der Waals surface area contributed by atoms with Crippen molar-refractivity contribution >= 4 is 11.9 Å². The predicted octanol–water partition coefficient (Wildman–Crippen LogP) is 1.82. The Balaban J connectivity index is 2.41. The van der Waals surface area contributed by atoms with Gasteiger partial charge in [0.25, 0.3) is 0 Å². The molecule has 1 aromatic rings. The fourth-order valence-electron chi connectivity index (χ4n) is 0.712. The molecule has 0 aliphatic heterocycles. The normalized spacial score (nSPS) is 8.92. The van der Waals surface area contributed by atoms with Crippen molar-refractivity contribution in [3.63, 3.8) is 0 Å². The van der Waals surface area contributed by atoms with Crippen molar-refractivity contribution < 1.29 is 9.53 Å². The highest BCUT2D eigenvalue weighted by Crippen LogP contribution is 1.99. The summed E-state index contributed by atoms with van der Waals surface area (Å²) in [6, 6.07) is 5.21. The van der Waals surface area contributed by atoms with Gasteiger partial charge >= 0.3 is 6.09 Å². The highest BCUT2D eigenvalue weighted by atomic mass is 16.5. The van der Waals surface area contributed by atoms with Crippen molar-refractivity contribution in [1.29, 1.82) is 0 Å². The standard InChI is InChI=1S/C9H10N2O2/c1-2-7-13-9(12)11-8-5-3-4-6-10-8/h2-6H,1,7H2,(H,10,11,12). The van der Waals surface area contributed by atoms with E-state index < -0.39 is 6.09 Å². The van der Waals surface area contributed by atoms with Crippen LogP contribution in [0.25, 0.3) is 0 Å². The summed E-state index contributed by atoms with van der Waals surface area (Å²) in [6.07, 6.45) is 2.56. The van der Waals surface area contributed by atoms with Crippen molar-refractivity contribution in [1.82, 2.24) is 4.98 Å². The smallest absolute Gasteiger partial charge is 0.413 e. The molecule has 0 atom stereocenters. The molecule has 0 aromatic carbocycles. The van der Waals surface area contributed by atoms with E-state index in [-0.39, 0.29) is 6.61 Å². The predicted molar refractivity (Wildman–Crippen MR) is 49.4 cm³/mol. The summed E-state index contributed by atoms with van der Waals surface area (Å²) in [4.78, 5) is 14.8. The van der Waals surface area contributed by atoms with Crippen LogP contribution < -0.4 is 5.32 Å². The second-order valence-corrected chi connectivity index (χ2v) is 2.23. The van der Waals surface area contributed by atoms with E-state index in [2.05, 4.69) is 21.6 Å². The van der Waals surface area contributed by atoms with Crippen LogP contribution in [0, 0.1) is 0 Å². The Bertz CT molecular complexity index is 285. The molecule has 68 valence electrons. The average Bonchev–Trinajstić information content (AvgIpc) is 2.16. The van der Waals surface area contributed by atoms with Crippen molar-refractivity contribution in [2.45, 2.75) is 0 Å². The van der Waals surface area contributed by atoms with Crippen LogP contribution in [0.1, 0.15) is 0 Å². The lowest BCUT2D eigenvalue weighted by atomic mass is 10.5. The topological polar surface area (TPSA) is 51.2 Å². The van der Waals surface area contributed by atoms with Gasteiger partial charge in [-0.2, -0.15) is 0 Å². The molecule has 1 aromatic heterocycles. The minimum Gasteiger partial charge on any atom is -0.445 e. The number of nitrogens with one attached hydrogen (secondary N) is 1. The fraction of sp³-hybridized carbons (Fsp3) is 0.111. The second kappa shape index (κ2) is 4.92. The Labute approximate surface area is 76.2 Å². The summed E-state index contributed by atoms with van der Waals surface area (Å²) in [5.74, 6) is 0.469. The minimum absolute atomic E-state index is 0.193. The molecule has 1 amide bonds. The number of anilines is 1. The summed E-state index contributed by atoms with van der Waals surface area (Å²) in [5, 5.41) is 2.46. The molecule has 0 saturated heterocycles. The molecule has 0 radical (unpaired) electrons. The Morgan fingerprint density at radius 2 is 2.54 bits per heavy atom. The molecule has 0 bridgehead atoms. The van der Waals surface area contributed by atoms with Crippen molar-refractivity contribution in [2.75, 3.05) is 11.9 Å². The first kappa shape index (κ1) is 9.25. The highest BCUT2D eigenvalue weighted by Gasteiger charge is 2.00. The quantitative estimate of drug-likeness (QED) is 0.718. The molecule has 1 rings (SSSR count). The van der Waals surface area contributed by atoms with E-state index in [1.54, 1.807) is 24.4 Å². The Morgan fingerprint density at radius 3 is 3.15 bits per heavy atom. The van der Waals surface area contributed by atoms with Crippen LogP contribution in [0.2, 0.25) is 0 Å². The number of amides is 1. The zero-order valence-corrected chi connectivity index (χ0v) is 7.06. The number of pyridine rings is 1. The monoisotopic (exact) mass is 178 g/mol. The van der Waals surface area contributed by atoms with Gasteiger partial charge in [-0.05, 0) is 12.1 Å². The maximum Gasteiger partial charge on any atom is 0.413 e. The summed E-state index contributed by atoms with van der Waals surface area (Å²) < 4.78 is 4.69. The molecule has 0 spiro atoms. The van der Waals surface area contributed by atoms with Crippen LogP contribution >= 0.6 is 0 Å². The molecule has 4 heteroatoms. The van der Waals surface area contributed by atoms with Gasteiger partial charge in [0, 0.05) is 6.20 Å². The molecule has 1 heterocycles. The van der Waals surface area contributed by atoms with Crippen LogP contribution in [0.3, 0.4) is 0 Å². The van der Waals surface area contributed by atoms with Crippen molar-refractivity contribution in [3.8, 4) is 0 Å². The number of aromatic nitrogens is 1. The second-order valence-electron chi connectivity index (χ2n) is 2.23. The Morgan fingerprint density at radius 1 is 1.69 bits per heavy atom. The van der Waals surface area contributed by atoms with Crippen molar-refractivity contribution in [2.24, 2.45) is 0 Å². The SMILES string of the molecule is C=CCOC(=O)Nc1ccccn1. The summed E-state index contributed by atoms with van der Waals surface area (Å²) in [7, 11) is 0. The zero-order valence-electron chi connectivity index (χ0n) is 7.06. The number of hydrogen-bond acceptors (Lipinski definition) is 3. The largest absolute Gasteiger partial charge is 0.445 e. The zero-order chi connectivity index (χ0) is 9.52. The maximum absolute atomic E-state index is 11.0. The van der Waals surface area contributed by atoms with E-state index in [1.165, 1.54) is 6.08 Å². The average molecular weight is 178 g/mol. The van der Waals surface area contributed by atoms with Gasteiger partial charge in [0.1, 0.15) is 12.4 Å². The summed E-state index contributed by atoms with van der Waals surface area (Å²) >= 11 is 0. The van der Waals surface area contributed by atoms with Gasteiger partial charge in [-0.3, -0.25) is 5.32 Å². The number of carbonyl (C=O) groups excluding carboxylic acids is 1. The van der Waals surface area contributed by atoms with Crippen LogP contribution in [0.5, 0.6) is 0 Å².